The van der Waals surface area contributed by atoms with Crippen LogP contribution < -0.4 is 11.5 Å². The molecule has 0 atom stereocenters. The van der Waals surface area contributed by atoms with Gasteiger partial charge in [0.05, 0.1) is 17.9 Å². The second kappa shape index (κ2) is 4.67. The Morgan fingerprint density at radius 1 is 1.50 bits per heavy atom. The second-order valence-corrected chi connectivity index (χ2v) is 4.46. The van der Waals surface area contributed by atoms with Gasteiger partial charge in [0.25, 0.3) is 5.91 Å². The van der Waals surface area contributed by atoms with Crippen LogP contribution in [-0.2, 0) is 4.79 Å². The van der Waals surface area contributed by atoms with E-state index in [0.29, 0.717) is 18.2 Å². The lowest BCUT2D eigenvalue weighted by Gasteiger charge is -2.17. The van der Waals surface area contributed by atoms with Crippen molar-refractivity contribution >= 4 is 17.5 Å². The summed E-state index contributed by atoms with van der Waals surface area (Å²) in [4.78, 5) is 24.4. The zero-order valence-corrected chi connectivity index (χ0v) is 10.3. The molecular weight excluding hydrogens is 234 g/mol. The number of aromatic nitrogens is 2. The first-order valence-electron chi connectivity index (χ1n) is 5.95. The summed E-state index contributed by atoms with van der Waals surface area (Å²) in [7, 11) is 0. The molecular formula is C11H17N5O2. The number of anilines is 1. The van der Waals surface area contributed by atoms with Crippen LogP contribution in [-0.4, -0.2) is 40.0 Å². The maximum Gasteiger partial charge on any atom is 0.276 e. The van der Waals surface area contributed by atoms with E-state index in [1.165, 1.54) is 4.90 Å². The number of amides is 2. The van der Waals surface area contributed by atoms with Crippen molar-refractivity contribution in [3.8, 4) is 0 Å². The minimum Gasteiger partial charge on any atom is -0.395 e. The van der Waals surface area contributed by atoms with Crippen LogP contribution in [0.2, 0.25) is 0 Å². The van der Waals surface area contributed by atoms with Crippen LogP contribution in [0.1, 0.15) is 41.9 Å². The first-order chi connectivity index (χ1) is 8.54. The molecule has 7 nitrogen and oxygen atoms in total. The number of carbonyl (C=O) groups is 2. The minimum absolute atomic E-state index is 0.125. The van der Waals surface area contributed by atoms with Gasteiger partial charge in [-0.15, -0.1) is 0 Å². The molecule has 0 saturated heterocycles. The lowest BCUT2D eigenvalue weighted by molar-refractivity contribution is -0.118. The third-order valence-electron chi connectivity index (χ3n) is 3.04. The van der Waals surface area contributed by atoms with Gasteiger partial charge in [-0.2, -0.15) is 5.10 Å². The van der Waals surface area contributed by atoms with E-state index in [-0.39, 0.29) is 18.1 Å². The molecule has 18 heavy (non-hydrogen) atoms. The highest BCUT2D eigenvalue weighted by Gasteiger charge is 2.31. The summed E-state index contributed by atoms with van der Waals surface area (Å²) in [6, 6.07) is 0. The summed E-state index contributed by atoms with van der Waals surface area (Å²) in [5.74, 6) is -0.524. The van der Waals surface area contributed by atoms with Crippen LogP contribution in [0.4, 0.5) is 5.69 Å². The maximum absolute atomic E-state index is 12.1. The fourth-order valence-electron chi connectivity index (χ4n) is 1.88. The van der Waals surface area contributed by atoms with Crippen molar-refractivity contribution in [2.45, 2.75) is 25.7 Å². The quantitative estimate of drug-likeness (QED) is 0.672. The van der Waals surface area contributed by atoms with Gasteiger partial charge in [0.15, 0.2) is 5.69 Å². The summed E-state index contributed by atoms with van der Waals surface area (Å²) in [6.07, 6.45) is 2.14. The summed E-state index contributed by atoms with van der Waals surface area (Å²) >= 11 is 0. The van der Waals surface area contributed by atoms with Crippen molar-refractivity contribution in [1.82, 2.24) is 15.1 Å². The van der Waals surface area contributed by atoms with E-state index in [0.717, 1.165) is 18.5 Å². The molecule has 1 aliphatic rings. The van der Waals surface area contributed by atoms with Crippen molar-refractivity contribution in [3.63, 3.8) is 0 Å². The van der Waals surface area contributed by atoms with Crippen molar-refractivity contribution in [2.75, 3.05) is 18.8 Å². The number of nitrogen functional groups attached to an aromatic ring is 1. The molecule has 7 heteroatoms. The third kappa shape index (κ3) is 2.29. The molecule has 0 unspecified atom stereocenters. The molecule has 1 aromatic rings. The number of hydrogen-bond donors (Lipinski definition) is 3. The number of carbonyl (C=O) groups excluding carboxylic acids is 2. The standard InChI is InChI=1S/C11H17N5O2/c1-2-16(5-7(12)17)11(18)10-8(13)9(14-15-10)6-3-4-6/h6H,2-5,13H2,1H3,(H2,12,17)(H,14,15). The molecule has 0 radical (unpaired) electrons. The molecule has 1 saturated carbocycles. The first kappa shape index (κ1) is 12.4. The molecule has 2 amide bonds. The first-order valence-corrected chi connectivity index (χ1v) is 5.95. The Kier molecular flexibility index (Phi) is 3.22. The average molecular weight is 251 g/mol. The van der Waals surface area contributed by atoms with Crippen molar-refractivity contribution < 1.29 is 9.59 Å². The zero-order chi connectivity index (χ0) is 13.3. The van der Waals surface area contributed by atoms with Gasteiger partial charge >= 0.3 is 0 Å². The Hall–Kier alpha value is -2.05. The lowest BCUT2D eigenvalue weighted by Crippen LogP contribution is -2.38. The van der Waals surface area contributed by atoms with Crippen LogP contribution in [0.25, 0.3) is 0 Å². The monoisotopic (exact) mass is 251 g/mol. The topological polar surface area (TPSA) is 118 Å². The van der Waals surface area contributed by atoms with E-state index in [9.17, 15) is 9.59 Å². The Labute approximate surface area is 105 Å². The number of hydrogen-bond acceptors (Lipinski definition) is 4. The van der Waals surface area contributed by atoms with Crippen LogP contribution in [0.5, 0.6) is 0 Å². The number of rotatable bonds is 5. The molecule has 1 heterocycles. The zero-order valence-electron chi connectivity index (χ0n) is 10.3. The summed E-state index contributed by atoms with van der Waals surface area (Å²) in [5, 5.41) is 6.77. The Balaban J connectivity index is 2.19. The number of nitrogens with one attached hydrogen (secondary N) is 1. The Morgan fingerprint density at radius 2 is 2.17 bits per heavy atom. The highest BCUT2D eigenvalue weighted by Crippen LogP contribution is 2.42. The summed E-state index contributed by atoms with van der Waals surface area (Å²) in [6.45, 7) is 2.03. The van der Waals surface area contributed by atoms with Gasteiger partial charge in [-0.3, -0.25) is 14.7 Å². The predicted octanol–water partition coefficient (Wildman–Crippen LogP) is -0.183. The smallest absolute Gasteiger partial charge is 0.276 e. The normalized spacial score (nSPS) is 14.5. The van der Waals surface area contributed by atoms with Gasteiger partial charge in [0.1, 0.15) is 0 Å². The van der Waals surface area contributed by atoms with Gasteiger partial charge in [0, 0.05) is 12.5 Å². The van der Waals surface area contributed by atoms with E-state index in [1.807, 2.05) is 0 Å². The largest absolute Gasteiger partial charge is 0.395 e. The highest BCUT2D eigenvalue weighted by molar-refractivity contribution is 5.99. The van der Waals surface area contributed by atoms with Gasteiger partial charge < -0.3 is 16.4 Å². The van der Waals surface area contributed by atoms with Crippen molar-refractivity contribution in [2.24, 2.45) is 5.73 Å². The van der Waals surface area contributed by atoms with E-state index in [1.54, 1.807) is 6.92 Å². The van der Waals surface area contributed by atoms with Crippen LogP contribution in [0.3, 0.4) is 0 Å². The fourth-order valence-corrected chi connectivity index (χ4v) is 1.88. The highest BCUT2D eigenvalue weighted by atomic mass is 16.2. The SMILES string of the molecule is CCN(CC(N)=O)C(=O)c1n[nH]c(C2CC2)c1N. The maximum atomic E-state index is 12.1. The summed E-state index contributed by atoms with van der Waals surface area (Å²) < 4.78 is 0. The van der Waals surface area contributed by atoms with Crippen molar-refractivity contribution in [3.05, 3.63) is 11.4 Å². The van der Waals surface area contributed by atoms with E-state index in [4.69, 9.17) is 11.5 Å². The number of nitrogens with two attached hydrogens (primary N) is 2. The van der Waals surface area contributed by atoms with Crippen LogP contribution in [0.15, 0.2) is 0 Å². The molecule has 2 rings (SSSR count). The lowest BCUT2D eigenvalue weighted by atomic mass is 10.2. The van der Waals surface area contributed by atoms with E-state index >= 15 is 0 Å². The molecule has 0 bridgehead atoms. The summed E-state index contributed by atoms with van der Waals surface area (Å²) in [5.41, 5.74) is 12.4. The molecule has 98 valence electrons. The van der Waals surface area contributed by atoms with E-state index < -0.39 is 5.91 Å². The van der Waals surface area contributed by atoms with E-state index in [2.05, 4.69) is 10.2 Å². The molecule has 0 aromatic carbocycles. The van der Waals surface area contributed by atoms with Crippen LogP contribution in [0, 0.1) is 0 Å². The minimum atomic E-state index is -0.554. The average Bonchev–Trinajstić information content (AvgIpc) is 3.09. The van der Waals surface area contributed by atoms with Gasteiger partial charge in [-0.1, -0.05) is 0 Å². The Bertz CT molecular complexity index is 478. The number of primary amides is 1. The number of nitrogens with zero attached hydrogens (tertiary/aromatic N) is 2. The molecule has 0 aliphatic heterocycles. The predicted molar refractivity (Wildman–Crippen MR) is 65.7 cm³/mol. The molecule has 1 aromatic heterocycles. The molecule has 1 aliphatic carbocycles. The fraction of sp³-hybridized carbons (Fsp3) is 0.545. The van der Waals surface area contributed by atoms with Gasteiger partial charge in [-0.05, 0) is 19.8 Å². The molecule has 1 fully saturated rings. The third-order valence-corrected chi connectivity index (χ3v) is 3.04. The van der Waals surface area contributed by atoms with Gasteiger partial charge in [0.2, 0.25) is 5.91 Å². The number of likely N-dealkylation sites (N-methyl/N-ethyl adjacent to an activating group) is 1. The molecule has 5 N–H and O–H groups in total. The molecule has 0 spiro atoms. The Morgan fingerprint density at radius 3 is 2.67 bits per heavy atom. The number of H-pyrrole nitrogens is 1. The van der Waals surface area contributed by atoms with Crippen molar-refractivity contribution in [1.29, 1.82) is 0 Å². The number of aromatic amines is 1. The second-order valence-electron chi connectivity index (χ2n) is 4.46. The van der Waals surface area contributed by atoms with Crippen LogP contribution >= 0.6 is 0 Å². The van der Waals surface area contributed by atoms with Gasteiger partial charge in [-0.25, -0.2) is 0 Å².